The predicted octanol–water partition coefficient (Wildman–Crippen LogP) is 2.19. The molecule has 1 aromatic carbocycles. The number of fused-ring (bicyclic) bond motifs is 2. The van der Waals surface area contributed by atoms with Crippen molar-refractivity contribution in [2.75, 3.05) is 18.5 Å². The van der Waals surface area contributed by atoms with Gasteiger partial charge in [0.1, 0.15) is 6.04 Å². The summed E-state index contributed by atoms with van der Waals surface area (Å²) >= 11 is 3.36. The molecule has 1 aromatic rings. The lowest BCUT2D eigenvalue weighted by Crippen LogP contribution is -2.40. The van der Waals surface area contributed by atoms with Crippen LogP contribution in [0, 0.1) is 0 Å². The molecule has 2 atom stereocenters. The smallest absolute Gasteiger partial charge is 0.256 e. The molecule has 0 spiro atoms. The summed E-state index contributed by atoms with van der Waals surface area (Å²) < 4.78 is 6.40. The molecule has 1 N–H and O–H groups in total. The maximum Gasteiger partial charge on any atom is 0.256 e. The number of nitrogens with one attached hydrogen (secondary N) is 1. The molecule has 0 radical (unpaired) electrons. The normalized spacial score (nSPS) is 24.1. The average molecular weight is 351 g/mol. The summed E-state index contributed by atoms with van der Waals surface area (Å²) in [5.41, 5.74) is 1.07. The van der Waals surface area contributed by atoms with Gasteiger partial charge in [-0.3, -0.25) is 9.59 Å². The molecular weight excluding hydrogens is 336 g/mol. The first-order chi connectivity index (χ1) is 10.1. The van der Waals surface area contributed by atoms with Crippen molar-refractivity contribution in [3.8, 4) is 0 Å². The number of halogens is 1. The topological polar surface area (TPSA) is 58.6 Å². The number of ether oxygens (including phenoxy) is 1. The van der Waals surface area contributed by atoms with Gasteiger partial charge in [0.15, 0.2) is 0 Å². The number of amides is 2. The van der Waals surface area contributed by atoms with Crippen molar-refractivity contribution in [3.05, 3.63) is 40.9 Å². The fraction of sp³-hybridized carbons (Fsp3) is 0.333. The SMILES string of the molecule is C=CCOC1CC2C(=O)Nc3ccc(Br)cc3C(=O)N2C1. The van der Waals surface area contributed by atoms with Crippen molar-refractivity contribution in [2.45, 2.75) is 18.6 Å². The van der Waals surface area contributed by atoms with Crippen LogP contribution in [0.25, 0.3) is 0 Å². The van der Waals surface area contributed by atoms with Gasteiger partial charge in [-0.2, -0.15) is 0 Å². The molecular formula is C15H15BrN2O3. The number of anilines is 1. The Morgan fingerprint density at radius 3 is 3.05 bits per heavy atom. The number of carbonyl (C=O) groups excluding carboxylic acids is 2. The molecule has 5 nitrogen and oxygen atoms in total. The maximum atomic E-state index is 12.7. The number of rotatable bonds is 3. The van der Waals surface area contributed by atoms with E-state index < -0.39 is 6.04 Å². The number of carbonyl (C=O) groups is 2. The zero-order valence-corrected chi connectivity index (χ0v) is 12.9. The Kier molecular flexibility index (Phi) is 3.82. The highest BCUT2D eigenvalue weighted by Gasteiger charge is 2.43. The third-order valence-corrected chi connectivity index (χ3v) is 4.24. The third-order valence-electron chi connectivity index (χ3n) is 3.75. The molecule has 2 aliphatic heterocycles. The van der Waals surface area contributed by atoms with E-state index in [1.54, 1.807) is 29.2 Å². The summed E-state index contributed by atoms with van der Waals surface area (Å²) in [5, 5.41) is 2.83. The second-order valence-corrected chi connectivity index (χ2v) is 6.05. The minimum absolute atomic E-state index is 0.128. The van der Waals surface area contributed by atoms with E-state index in [1.165, 1.54) is 0 Å². The number of hydrogen-bond donors (Lipinski definition) is 1. The Morgan fingerprint density at radius 1 is 1.48 bits per heavy atom. The first-order valence-electron chi connectivity index (χ1n) is 6.74. The molecule has 0 aliphatic carbocycles. The van der Waals surface area contributed by atoms with Gasteiger partial charge in [0.05, 0.1) is 24.0 Å². The van der Waals surface area contributed by atoms with Crippen LogP contribution in [0.15, 0.2) is 35.3 Å². The molecule has 110 valence electrons. The van der Waals surface area contributed by atoms with Crippen molar-refractivity contribution in [3.63, 3.8) is 0 Å². The first-order valence-corrected chi connectivity index (χ1v) is 7.53. The highest BCUT2D eigenvalue weighted by molar-refractivity contribution is 9.10. The largest absolute Gasteiger partial charge is 0.372 e. The minimum atomic E-state index is -0.474. The van der Waals surface area contributed by atoms with E-state index in [9.17, 15) is 9.59 Å². The van der Waals surface area contributed by atoms with Gasteiger partial charge in [0, 0.05) is 17.4 Å². The van der Waals surface area contributed by atoms with E-state index in [4.69, 9.17) is 4.74 Å². The summed E-state index contributed by atoms with van der Waals surface area (Å²) in [6.07, 6.45) is 2.05. The maximum absolute atomic E-state index is 12.7. The summed E-state index contributed by atoms with van der Waals surface area (Å²) in [5.74, 6) is -0.298. The lowest BCUT2D eigenvalue weighted by Gasteiger charge is -2.19. The quantitative estimate of drug-likeness (QED) is 0.850. The molecule has 2 amide bonds. The Labute approximate surface area is 131 Å². The van der Waals surface area contributed by atoms with E-state index in [2.05, 4.69) is 27.8 Å². The third kappa shape index (κ3) is 2.61. The monoisotopic (exact) mass is 350 g/mol. The van der Waals surface area contributed by atoms with Crippen molar-refractivity contribution < 1.29 is 14.3 Å². The van der Waals surface area contributed by atoms with Gasteiger partial charge in [-0.25, -0.2) is 0 Å². The molecule has 3 rings (SSSR count). The predicted molar refractivity (Wildman–Crippen MR) is 82.2 cm³/mol. The first kappa shape index (κ1) is 14.3. The number of hydrogen-bond acceptors (Lipinski definition) is 3. The van der Waals surface area contributed by atoms with Crippen LogP contribution in [0.3, 0.4) is 0 Å². The fourth-order valence-electron chi connectivity index (χ4n) is 2.77. The minimum Gasteiger partial charge on any atom is -0.372 e. The van der Waals surface area contributed by atoms with Crippen molar-refractivity contribution in [1.82, 2.24) is 4.90 Å². The molecule has 2 unspecified atom stereocenters. The van der Waals surface area contributed by atoms with Crippen LogP contribution < -0.4 is 5.32 Å². The zero-order chi connectivity index (χ0) is 15.0. The second kappa shape index (κ2) is 5.61. The van der Waals surface area contributed by atoms with Gasteiger partial charge < -0.3 is 15.0 Å². The van der Waals surface area contributed by atoms with Crippen molar-refractivity contribution >= 4 is 33.4 Å². The van der Waals surface area contributed by atoms with Crippen LogP contribution in [0.2, 0.25) is 0 Å². The Hall–Kier alpha value is -1.66. The lowest BCUT2D eigenvalue weighted by atomic mass is 10.1. The van der Waals surface area contributed by atoms with E-state index in [1.807, 2.05) is 0 Å². The van der Waals surface area contributed by atoms with Gasteiger partial charge >= 0.3 is 0 Å². The Morgan fingerprint density at radius 2 is 2.29 bits per heavy atom. The highest BCUT2D eigenvalue weighted by Crippen LogP contribution is 2.31. The molecule has 2 aliphatic rings. The molecule has 6 heteroatoms. The lowest BCUT2D eigenvalue weighted by molar-refractivity contribution is -0.119. The molecule has 0 saturated carbocycles. The number of benzene rings is 1. The van der Waals surface area contributed by atoms with Crippen molar-refractivity contribution in [1.29, 1.82) is 0 Å². The molecule has 21 heavy (non-hydrogen) atoms. The van der Waals surface area contributed by atoms with E-state index in [0.29, 0.717) is 30.8 Å². The van der Waals surface area contributed by atoms with Gasteiger partial charge in [-0.1, -0.05) is 22.0 Å². The van der Waals surface area contributed by atoms with Gasteiger partial charge in [-0.05, 0) is 18.2 Å². The van der Waals surface area contributed by atoms with E-state index in [0.717, 1.165) is 4.47 Å². The molecule has 1 saturated heterocycles. The summed E-state index contributed by atoms with van der Waals surface area (Å²) in [4.78, 5) is 26.6. The zero-order valence-electron chi connectivity index (χ0n) is 11.3. The Balaban J connectivity index is 1.91. The van der Waals surface area contributed by atoms with Gasteiger partial charge in [0.2, 0.25) is 5.91 Å². The second-order valence-electron chi connectivity index (χ2n) is 5.13. The fourth-order valence-corrected chi connectivity index (χ4v) is 3.13. The van der Waals surface area contributed by atoms with E-state index in [-0.39, 0.29) is 17.9 Å². The molecule has 2 heterocycles. The molecule has 0 bridgehead atoms. The van der Waals surface area contributed by atoms with Crippen LogP contribution in [0.1, 0.15) is 16.8 Å². The van der Waals surface area contributed by atoms with Crippen LogP contribution in [0.5, 0.6) is 0 Å². The van der Waals surface area contributed by atoms with Gasteiger partial charge in [-0.15, -0.1) is 6.58 Å². The van der Waals surface area contributed by atoms with Crippen LogP contribution in [0.4, 0.5) is 5.69 Å². The van der Waals surface area contributed by atoms with E-state index >= 15 is 0 Å². The van der Waals surface area contributed by atoms with Gasteiger partial charge in [0.25, 0.3) is 5.91 Å². The standard InChI is InChI=1S/C15H15BrN2O3/c1-2-5-21-10-7-13-14(19)17-12-4-3-9(16)6-11(12)15(20)18(13)8-10/h2-4,6,10,13H,1,5,7-8H2,(H,17,19). The van der Waals surface area contributed by atoms with Crippen LogP contribution in [-0.4, -0.2) is 42.0 Å². The van der Waals surface area contributed by atoms with Crippen molar-refractivity contribution in [2.24, 2.45) is 0 Å². The molecule has 0 aromatic heterocycles. The summed E-state index contributed by atoms with van der Waals surface area (Å²) in [6.45, 7) is 4.45. The molecule has 1 fully saturated rings. The average Bonchev–Trinajstić information content (AvgIpc) is 2.87. The Bertz CT molecular complexity index is 617. The highest BCUT2D eigenvalue weighted by atomic mass is 79.9. The summed E-state index contributed by atoms with van der Waals surface area (Å²) in [6, 6.07) is 4.80. The number of nitrogens with zero attached hydrogens (tertiary/aromatic N) is 1. The summed E-state index contributed by atoms with van der Waals surface area (Å²) in [7, 11) is 0. The van der Waals surface area contributed by atoms with Crippen LogP contribution in [-0.2, 0) is 9.53 Å². The van der Waals surface area contributed by atoms with Crippen LogP contribution >= 0.6 is 15.9 Å².